The zero-order valence-electron chi connectivity index (χ0n) is 18.5. The van der Waals surface area contributed by atoms with E-state index in [-0.39, 0.29) is 35.5 Å². The summed E-state index contributed by atoms with van der Waals surface area (Å²) in [5.41, 5.74) is 0. The molecular formula is C23H41NaO4. The Morgan fingerprint density at radius 3 is 1.64 bits per heavy atom. The summed E-state index contributed by atoms with van der Waals surface area (Å²) in [4.78, 5) is 23.3. The van der Waals surface area contributed by atoms with E-state index in [0.717, 1.165) is 25.7 Å². The Morgan fingerprint density at radius 2 is 1.18 bits per heavy atom. The largest absolute Gasteiger partial charge is 1.00 e. The maximum Gasteiger partial charge on any atom is 1.00 e. The molecule has 5 heteroatoms. The van der Waals surface area contributed by atoms with Crippen molar-refractivity contribution in [2.24, 2.45) is 11.8 Å². The van der Waals surface area contributed by atoms with Gasteiger partial charge in [-0.05, 0) is 19.3 Å². The van der Waals surface area contributed by atoms with E-state index in [4.69, 9.17) is 4.74 Å². The Morgan fingerprint density at radius 1 is 0.750 bits per heavy atom. The van der Waals surface area contributed by atoms with E-state index in [9.17, 15) is 14.7 Å². The Hall–Kier alpha value is -0.0600. The number of aliphatic carboxylic acids is 1. The minimum absolute atomic E-state index is 0. The van der Waals surface area contributed by atoms with Gasteiger partial charge >= 0.3 is 35.5 Å². The Kier molecular flexibility index (Phi) is 18.9. The predicted molar refractivity (Wildman–Crippen MR) is 107 cm³/mol. The van der Waals surface area contributed by atoms with Crippen LogP contribution in [0.3, 0.4) is 0 Å². The first-order valence-corrected chi connectivity index (χ1v) is 11.5. The van der Waals surface area contributed by atoms with Crippen LogP contribution in [0.1, 0.15) is 116 Å². The Bertz CT molecular complexity index is 400. The Balaban J connectivity index is 0.00000729. The van der Waals surface area contributed by atoms with Crippen LogP contribution in [-0.2, 0) is 14.3 Å². The molecule has 2 unspecified atom stereocenters. The monoisotopic (exact) mass is 404 g/mol. The van der Waals surface area contributed by atoms with Crippen LogP contribution < -0.4 is 34.7 Å². The molecule has 1 rings (SSSR count). The third kappa shape index (κ3) is 13.2. The first-order valence-electron chi connectivity index (χ1n) is 11.5. The molecule has 0 radical (unpaired) electrons. The number of carbonyl (C=O) groups excluding carboxylic acids is 2. The molecular weight excluding hydrogens is 363 g/mol. The van der Waals surface area contributed by atoms with Crippen LogP contribution >= 0.6 is 0 Å². The van der Waals surface area contributed by atoms with Crippen molar-refractivity contribution >= 4 is 11.9 Å². The van der Waals surface area contributed by atoms with Crippen molar-refractivity contribution in [3.05, 3.63) is 0 Å². The molecule has 0 aromatic carbocycles. The SMILES string of the molecule is CCCCCCCCCCCCCCCOC(=O)C1CCCCC1C(=O)[O-].[Na+]. The van der Waals surface area contributed by atoms with E-state index in [1.807, 2.05) is 0 Å². The van der Waals surface area contributed by atoms with Gasteiger partial charge in [-0.15, -0.1) is 0 Å². The molecule has 0 bridgehead atoms. The fourth-order valence-corrected chi connectivity index (χ4v) is 4.09. The van der Waals surface area contributed by atoms with Gasteiger partial charge in [0.25, 0.3) is 0 Å². The van der Waals surface area contributed by atoms with Crippen LogP contribution in [-0.4, -0.2) is 18.5 Å². The molecule has 1 aliphatic rings. The fourth-order valence-electron chi connectivity index (χ4n) is 4.09. The second kappa shape index (κ2) is 18.9. The smallest absolute Gasteiger partial charge is 0.550 e. The average molecular weight is 405 g/mol. The second-order valence-corrected chi connectivity index (χ2v) is 8.23. The summed E-state index contributed by atoms with van der Waals surface area (Å²) >= 11 is 0. The van der Waals surface area contributed by atoms with E-state index in [1.54, 1.807) is 0 Å². The van der Waals surface area contributed by atoms with Crippen LogP contribution in [0.15, 0.2) is 0 Å². The van der Waals surface area contributed by atoms with Crippen molar-refractivity contribution in [2.75, 3.05) is 6.61 Å². The molecule has 2 atom stereocenters. The van der Waals surface area contributed by atoms with Gasteiger partial charge in [0.05, 0.1) is 12.5 Å². The molecule has 0 saturated heterocycles. The molecule has 0 amide bonds. The number of carbonyl (C=O) groups is 2. The number of esters is 1. The van der Waals surface area contributed by atoms with Gasteiger partial charge in [0.15, 0.2) is 0 Å². The van der Waals surface area contributed by atoms with Crippen LogP contribution in [0.2, 0.25) is 0 Å². The summed E-state index contributed by atoms with van der Waals surface area (Å²) in [6.45, 7) is 2.68. The first-order chi connectivity index (χ1) is 13.2. The van der Waals surface area contributed by atoms with Crippen molar-refractivity contribution < 1.29 is 49.0 Å². The summed E-state index contributed by atoms with van der Waals surface area (Å²) < 4.78 is 5.33. The quantitative estimate of drug-likeness (QED) is 0.225. The molecule has 0 spiro atoms. The van der Waals surface area contributed by atoms with Crippen molar-refractivity contribution in [2.45, 2.75) is 116 Å². The summed E-state index contributed by atoms with van der Waals surface area (Å²) in [6, 6.07) is 0. The molecule has 4 nitrogen and oxygen atoms in total. The summed E-state index contributed by atoms with van der Waals surface area (Å²) in [5, 5.41) is 11.2. The molecule has 158 valence electrons. The fraction of sp³-hybridized carbons (Fsp3) is 0.913. The summed E-state index contributed by atoms with van der Waals surface area (Å²) in [5.74, 6) is -2.58. The number of carboxylic acid groups (broad SMARTS) is 1. The van der Waals surface area contributed by atoms with Crippen LogP contribution in [0, 0.1) is 11.8 Å². The van der Waals surface area contributed by atoms with Crippen molar-refractivity contribution in [1.29, 1.82) is 0 Å². The van der Waals surface area contributed by atoms with Gasteiger partial charge in [0.2, 0.25) is 0 Å². The van der Waals surface area contributed by atoms with E-state index in [2.05, 4.69) is 6.92 Å². The predicted octanol–water partition coefficient (Wildman–Crippen LogP) is 2.18. The number of unbranched alkanes of at least 4 members (excludes halogenated alkanes) is 12. The summed E-state index contributed by atoms with van der Waals surface area (Å²) in [7, 11) is 0. The van der Waals surface area contributed by atoms with E-state index in [1.165, 1.54) is 70.6 Å². The minimum Gasteiger partial charge on any atom is -0.550 e. The van der Waals surface area contributed by atoms with Gasteiger partial charge in [-0.3, -0.25) is 4.79 Å². The molecule has 0 aromatic heterocycles. The Labute approximate surface area is 194 Å². The number of ether oxygens (including phenoxy) is 1. The second-order valence-electron chi connectivity index (χ2n) is 8.23. The number of carboxylic acids is 1. The maximum atomic E-state index is 12.1. The van der Waals surface area contributed by atoms with Gasteiger partial charge in [-0.2, -0.15) is 0 Å². The zero-order valence-corrected chi connectivity index (χ0v) is 20.5. The summed E-state index contributed by atoms with van der Waals surface area (Å²) in [6.07, 6.45) is 19.6. The molecule has 0 aromatic rings. The van der Waals surface area contributed by atoms with Gasteiger partial charge in [0, 0.05) is 11.9 Å². The molecule has 0 aliphatic heterocycles. The van der Waals surface area contributed by atoms with Crippen LogP contribution in [0.5, 0.6) is 0 Å². The van der Waals surface area contributed by atoms with Crippen molar-refractivity contribution in [3.63, 3.8) is 0 Å². The normalized spacial score (nSPS) is 19.0. The number of hydrogen-bond donors (Lipinski definition) is 0. The standard InChI is InChI=1S/C23H42O4.Na/c1-2-3-4-5-6-7-8-9-10-11-12-13-16-19-27-23(26)21-18-15-14-17-20(21)22(24)25;/h20-21H,2-19H2,1H3,(H,24,25);/q;+1/p-1. The van der Waals surface area contributed by atoms with E-state index < -0.39 is 17.8 Å². The van der Waals surface area contributed by atoms with Gasteiger partial charge in [-0.25, -0.2) is 0 Å². The molecule has 1 aliphatic carbocycles. The topological polar surface area (TPSA) is 66.4 Å². The van der Waals surface area contributed by atoms with Gasteiger partial charge in [0.1, 0.15) is 0 Å². The molecule has 28 heavy (non-hydrogen) atoms. The number of rotatable bonds is 16. The van der Waals surface area contributed by atoms with Crippen molar-refractivity contribution in [1.82, 2.24) is 0 Å². The van der Waals surface area contributed by atoms with Crippen LogP contribution in [0.4, 0.5) is 0 Å². The molecule has 1 saturated carbocycles. The molecule has 0 heterocycles. The minimum atomic E-state index is -1.10. The van der Waals surface area contributed by atoms with Crippen LogP contribution in [0.25, 0.3) is 0 Å². The number of hydrogen-bond acceptors (Lipinski definition) is 4. The molecule has 1 fully saturated rings. The average Bonchev–Trinajstić information content (AvgIpc) is 2.68. The molecule has 0 N–H and O–H groups in total. The third-order valence-corrected chi connectivity index (χ3v) is 5.86. The zero-order chi connectivity index (χ0) is 19.7. The van der Waals surface area contributed by atoms with Gasteiger partial charge < -0.3 is 14.6 Å². The first kappa shape index (κ1) is 27.9. The van der Waals surface area contributed by atoms with E-state index in [0.29, 0.717) is 19.4 Å². The van der Waals surface area contributed by atoms with Gasteiger partial charge in [-0.1, -0.05) is 96.8 Å². The van der Waals surface area contributed by atoms with E-state index >= 15 is 0 Å². The van der Waals surface area contributed by atoms with Crippen molar-refractivity contribution in [3.8, 4) is 0 Å². The maximum absolute atomic E-state index is 12.1. The third-order valence-electron chi connectivity index (χ3n) is 5.86.